The first-order chi connectivity index (χ1) is 7.80. The summed E-state index contributed by atoms with van der Waals surface area (Å²) in [7, 11) is -2.49. The monoisotopic (exact) mass is 256 g/mol. The maximum Gasteiger partial charge on any atom is 0.422 e. The van der Waals surface area contributed by atoms with E-state index in [9.17, 15) is 18.0 Å². The van der Waals surface area contributed by atoms with Crippen LogP contribution in [0, 0.1) is 0 Å². The van der Waals surface area contributed by atoms with Gasteiger partial charge in [0.1, 0.15) is 0 Å². The first kappa shape index (κ1) is 11.6. The minimum Gasteiger partial charge on any atom is -0.372 e. The molecule has 0 saturated carbocycles. The van der Waals surface area contributed by atoms with Crippen molar-refractivity contribution in [2.75, 3.05) is 0 Å². The zero-order valence-electron chi connectivity index (χ0n) is 8.71. The fourth-order valence-corrected chi connectivity index (χ4v) is 1.99. The molecule has 0 bridgehead atoms. The first-order valence-corrected chi connectivity index (χ1v) is 6.02. The van der Waals surface area contributed by atoms with Gasteiger partial charge in [-0.05, 0) is 18.2 Å². The second-order valence-corrected chi connectivity index (χ2v) is 5.00. The molecule has 0 aliphatic heterocycles. The normalized spacial score (nSPS) is 11.9. The Morgan fingerprint density at radius 1 is 1.29 bits per heavy atom. The molecular formula is C9H8N2O5S. The van der Waals surface area contributed by atoms with Crippen LogP contribution in [0.15, 0.2) is 37.1 Å². The second kappa shape index (κ2) is 3.54. The number of nitrogens with two attached hydrogens (primary N) is 1. The third-order valence-electron chi connectivity index (χ3n) is 2.33. The maximum atomic E-state index is 11.4. The number of sulfonamides is 1. The molecule has 0 saturated heterocycles. The number of benzene rings is 1. The van der Waals surface area contributed by atoms with E-state index in [1.165, 1.54) is 19.2 Å². The molecule has 1 aromatic heterocycles. The molecule has 0 radical (unpaired) electrons. The molecule has 0 aliphatic carbocycles. The summed E-state index contributed by atoms with van der Waals surface area (Å²) in [4.78, 5) is 22.4. The fraction of sp³-hybridized carbons (Fsp3) is 0.111. The van der Waals surface area contributed by atoms with Crippen molar-refractivity contribution in [3.63, 3.8) is 0 Å². The van der Waals surface area contributed by atoms with E-state index in [-0.39, 0.29) is 15.8 Å². The molecule has 2 N–H and O–H groups in total. The van der Waals surface area contributed by atoms with Gasteiger partial charge in [0, 0.05) is 7.05 Å². The van der Waals surface area contributed by atoms with Crippen molar-refractivity contribution >= 4 is 20.9 Å². The molecule has 0 amide bonds. The highest BCUT2D eigenvalue weighted by Gasteiger charge is 2.12. The van der Waals surface area contributed by atoms with Crippen LogP contribution in [0.2, 0.25) is 0 Å². The van der Waals surface area contributed by atoms with Crippen molar-refractivity contribution in [3.05, 3.63) is 39.2 Å². The van der Waals surface area contributed by atoms with Crippen LogP contribution in [-0.2, 0) is 17.1 Å². The molecule has 7 nitrogen and oxygen atoms in total. The van der Waals surface area contributed by atoms with E-state index in [1.54, 1.807) is 0 Å². The number of nitrogens with zero attached hydrogens (tertiary/aromatic N) is 1. The van der Waals surface area contributed by atoms with Crippen LogP contribution < -0.4 is 16.5 Å². The largest absolute Gasteiger partial charge is 0.422 e. The fourth-order valence-electron chi connectivity index (χ4n) is 1.45. The molecule has 2 rings (SSSR count). The van der Waals surface area contributed by atoms with E-state index in [0.29, 0.717) is 0 Å². The molecule has 0 unspecified atom stereocenters. The zero-order valence-corrected chi connectivity index (χ0v) is 9.52. The molecular weight excluding hydrogens is 248 g/mol. The van der Waals surface area contributed by atoms with Crippen LogP contribution >= 0.6 is 0 Å². The zero-order chi connectivity index (χ0) is 12.8. The minimum absolute atomic E-state index is 0.0152. The predicted molar refractivity (Wildman–Crippen MR) is 59.1 cm³/mol. The number of aryl methyl sites for hydroxylation is 1. The molecule has 1 aromatic carbocycles. The summed E-state index contributed by atoms with van der Waals surface area (Å²) < 4.78 is 27.7. The van der Waals surface area contributed by atoms with Crippen LogP contribution in [0.5, 0.6) is 0 Å². The number of hydrogen-bond donors (Lipinski definition) is 1. The Labute approximate surface area is 95.1 Å². The molecule has 90 valence electrons. The van der Waals surface area contributed by atoms with Crippen LogP contribution in [0.3, 0.4) is 0 Å². The standard InChI is InChI=1S/C9H8N2O5S/c1-11-7-3-2-5(17(10,14)15)4-6(7)8(12)16-9(11)13/h2-4H,1H3,(H2,10,14,15). The maximum absolute atomic E-state index is 11.4. The highest BCUT2D eigenvalue weighted by molar-refractivity contribution is 7.89. The minimum atomic E-state index is -3.90. The Balaban J connectivity index is 2.99. The highest BCUT2D eigenvalue weighted by Crippen LogP contribution is 2.13. The van der Waals surface area contributed by atoms with Gasteiger partial charge in [-0.3, -0.25) is 4.57 Å². The Kier molecular flexibility index (Phi) is 2.40. The summed E-state index contributed by atoms with van der Waals surface area (Å²) in [5.41, 5.74) is -0.618. The van der Waals surface area contributed by atoms with E-state index in [0.717, 1.165) is 10.6 Å². The third kappa shape index (κ3) is 1.87. The summed E-state index contributed by atoms with van der Waals surface area (Å²) in [6, 6.07) is 3.62. The number of rotatable bonds is 1. The van der Waals surface area contributed by atoms with Crippen LogP contribution in [0.4, 0.5) is 0 Å². The Bertz CT molecular complexity index is 815. The molecule has 17 heavy (non-hydrogen) atoms. The van der Waals surface area contributed by atoms with Gasteiger partial charge in [0.05, 0.1) is 15.8 Å². The number of hydrogen-bond acceptors (Lipinski definition) is 5. The van der Waals surface area contributed by atoms with E-state index < -0.39 is 21.4 Å². The SMILES string of the molecule is Cn1c(=O)oc(=O)c2cc(S(N)(=O)=O)ccc21. The lowest BCUT2D eigenvalue weighted by molar-refractivity contribution is 0.432. The van der Waals surface area contributed by atoms with E-state index >= 15 is 0 Å². The first-order valence-electron chi connectivity index (χ1n) is 4.47. The number of primary sulfonamides is 1. The van der Waals surface area contributed by atoms with Crippen molar-refractivity contribution in [1.82, 2.24) is 4.57 Å². The van der Waals surface area contributed by atoms with Gasteiger partial charge < -0.3 is 4.42 Å². The van der Waals surface area contributed by atoms with Gasteiger partial charge in [-0.1, -0.05) is 0 Å². The van der Waals surface area contributed by atoms with Crippen LogP contribution in [0.25, 0.3) is 10.9 Å². The summed E-state index contributed by atoms with van der Waals surface area (Å²) in [6.45, 7) is 0. The Morgan fingerprint density at radius 2 is 1.94 bits per heavy atom. The van der Waals surface area contributed by atoms with E-state index in [1.807, 2.05) is 0 Å². The lowest BCUT2D eigenvalue weighted by Gasteiger charge is -2.03. The van der Waals surface area contributed by atoms with Crippen molar-refractivity contribution in [2.24, 2.45) is 12.2 Å². The van der Waals surface area contributed by atoms with Gasteiger partial charge in [-0.15, -0.1) is 0 Å². The van der Waals surface area contributed by atoms with Crippen molar-refractivity contribution < 1.29 is 12.8 Å². The van der Waals surface area contributed by atoms with E-state index in [2.05, 4.69) is 4.42 Å². The van der Waals surface area contributed by atoms with Gasteiger partial charge in [0.25, 0.3) is 0 Å². The molecule has 2 aromatic rings. The average Bonchev–Trinajstić information content (AvgIpc) is 2.24. The van der Waals surface area contributed by atoms with Crippen LogP contribution in [-0.4, -0.2) is 13.0 Å². The lowest BCUT2D eigenvalue weighted by Crippen LogP contribution is -2.23. The Morgan fingerprint density at radius 3 is 2.53 bits per heavy atom. The predicted octanol–water partition coefficient (Wildman–Crippen LogP) is -0.861. The Hall–Kier alpha value is -1.93. The van der Waals surface area contributed by atoms with Crippen molar-refractivity contribution in [1.29, 1.82) is 0 Å². The third-order valence-corrected chi connectivity index (χ3v) is 3.24. The molecule has 0 fully saturated rings. The second-order valence-electron chi connectivity index (χ2n) is 3.44. The topological polar surface area (TPSA) is 112 Å². The highest BCUT2D eigenvalue weighted by atomic mass is 32.2. The summed E-state index contributed by atoms with van der Waals surface area (Å²) >= 11 is 0. The average molecular weight is 256 g/mol. The molecule has 8 heteroatoms. The molecule has 0 spiro atoms. The van der Waals surface area contributed by atoms with Crippen molar-refractivity contribution in [2.45, 2.75) is 4.90 Å². The molecule has 0 aliphatic rings. The number of aromatic nitrogens is 1. The van der Waals surface area contributed by atoms with Gasteiger partial charge in [0.2, 0.25) is 10.0 Å². The van der Waals surface area contributed by atoms with Gasteiger partial charge in [-0.2, -0.15) is 0 Å². The lowest BCUT2D eigenvalue weighted by atomic mass is 10.2. The molecule has 0 atom stereocenters. The van der Waals surface area contributed by atoms with Gasteiger partial charge in [0.15, 0.2) is 0 Å². The van der Waals surface area contributed by atoms with Gasteiger partial charge in [-0.25, -0.2) is 23.1 Å². The van der Waals surface area contributed by atoms with Crippen molar-refractivity contribution in [3.8, 4) is 0 Å². The summed E-state index contributed by atoms with van der Waals surface area (Å²) in [5, 5.41) is 4.92. The van der Waals surface area contributed by atoms with E-state index in [4.69, 9.17) is 5.14 Å². The van der Waals surface area contributed by atoms with Crippen LogP contribution in [0.1, 0.15) is 0 Å². The number of fused-ring (bicyclic) bond motifs is 1. The van der Waals surface area contributed by atoms with Gasteiger partial charge >= 0.3 is 11.4 Å². The quantitative estimate of drug-likeness (QED) is 0.713. The smallest absolute Gasteiger partial charge is 0.372 e. The molecule has 1 heterocycles. The summed E-state index contributed by atoms with van der Waals surface area (Å²) in [5.74, 6) is -0.814. The summed E-state index contributed by atoms with van der Waals surface area (Å²) in [6.07, 6.45) is 0.